The predicted molar refractivity (Wildman–Crippen MR) is 68.2 cm³/mol. The van der Waals surface area contributed by atoms with Crippen LogP contribution in [0, 0.1) is 0 Å². The Balaban J connectivity index is 2.00. The maximum absolute atomic E-state index is 11.9. The summed E-state index contributed by atoms with van der Waals surface area (Å²) < 4.78 is 27.9. The topological polar surface area (TPSA) is 63.7 Å². The van der Waals surface area contributed by atoms with Gasteiger partial charge in [0.15, 0.2) is 9.84 Å². The largest absolute Gasteiger partial charge is 0.444 e. The van der Waals surface area contributed by atoms with Gasteiger partial charge in [-0.15, -0.1) is 0 Å². The van der Waals surface area contributed by atoms with Gasteiger partial charge in [-0.1, -0.05) is 0 Å². The molecule has 18 heavy (non-hydrogen) atoms. The van der Waals surface area contributed by atoms with Gasteiger partial charge in [-0.2, -0.15) is 0 Å². The summed E-state index contributed by atoms with van der Waals surface area (Å²) in [5, 5.41) is 0. The lowest BCUT2D eigenvalue weighted by Gasteiger charge is -2.71. The van der Waals surface area contributed by atoms with Crippen molar-refractivity contribution >= 4 is 15.9 Å². The highest BCUT2D eigenvalue weighted by atomic mass is 32.2. The zero-order chi connectivity index (χ0) is 14.0. The van der Waals surface area contributed by atoms with Crippen LogP contribution in [0.4, 0.5) is 4.79 Å². The Kier molecular flexibility index (Phi) is 2.58. The lowest BCUT2D eigenvalue weighted by Crippen LogP contribution is -2.80. The maximum atomic E-state index is 11.9. The standard InChI is InChI=1S/C12H21NO4S/c1-10(2,3)17-9(14)13(4)11-6-12(7-11,8-11)18(5,15)16/h6-8H2,1-5H3. The maximum Gasteiger partial charge on any atom is 0.410 e. The third-order valence-electron chi connectivity index (χ3n) is 4.12. The molecule has 3 aliphatic rings. The molecule has 5 nitrogen and oxygen atoms in total. The molecule has 3 aliphatic carbocycles. The van der Waals surface area contributed by atoms with Gasteiger partial charge in [0.1, 0.15) is 5.60 Å². The first-order chi connectivity index (χ1) is 7.91. The van der Waals surface area contributed by atoms with Gasteiger partial charge in [-0.05, 0) is 40.0 Å². The lowest BCUT2D eigenvalue weighted by atomic mass is 9.48. The number of sulfone groups is 1. The average Bonchev–Trinajstić information content (AvgIpc) is 1.91. The molecule has 0 saturated heterocycles. The van der Waals surface area contributed by atoms with E-state index in [1.807, 2.05) is 20.8 Å². The van der Waals surface area contributed by atoms with E-state index < -0.39 is 20.2 Å². The number of nitrogens with zero attached hydrogens (tertiary/aromatic N) is 1. The molecule has 0 aliphatic heterocycles. The Bertz CT molecular complexity index is 469. The van der Waals surface area contributed by atoms with Crippen molar-refractivity contribution in [3.63, 3.8) is 0 Å². The minimum atomic E-state index is -3.01. The summed E-state index contributed by atoms with van der Waals surface area (Å²) in [6, 6.07) is 0. The van der Waals surface area contributed by atoms with Crippen molar-refractivity contribution in [2.24, 2.45) is 0 Å². The first-order valence-electron chi connectivity index (χ1n) is 6.07. The molecule has 3 fully saturated rings. The molecule has 0 aromatic rings. The number of ether oxygens (including phenoxy) is 1. The number of rotatable bonds is 2. The fourth-order valence-corrected chi connectivity index (χ4v) is 4.51. The van der Waals surface area contributed by atoms with Crippen LogP contribution in [0.1, 0.15) is 40.0 Å². The quantitative estimate of drug-likeness (QED) is 0.767. The highest BCUT2D eigenvalue weighted by Gasteiger charge is 2.75. The molecule has 0 heterocycles. The van der Waals surface area contributed by atoms with Gasteiger partial charge in [0.2, 0.25) is 0 Å². The molecule has 1 amide bonds. The van der Waals surface area contributed by atoms with Crippen LogP contribution in [0.5, 0.6) is 0 Å². The van der Waals surface area contributed by atoms with Crippen LogP contribution in [0.3, 0.4) is 0 Å². The Morgan fingerprint density at radius 3 is 2.00 bits per heavy atom. The summed E-state index contributed by atoms with van der Waals surface area (Å²) >= 11 is 0. The predicted octanol–water partition coefficient (Wildman–Crippen LogP) is 1.57. The van der Waals surface area contributed by atoms with E-state index in [1.165, 1.54) is 6.26 Å². The second-order valence-electron chi connectivity index (χ2n) is 6.75. The van der Waals surface area contributed by atoms with E-state index in [0.717, 1.165) is 0 Å². The van der Waals surface area contributed by atoms with Gasteiger partial charge in [-0.25, -0.2) is 13.2 Å². The molecule has 104 valence electrons. The molecule has 0 N–H and O–H groups in total. The zero-order valence-corrected chi connectivity index (χ0v) is 12.4. The number of hydrogen-bond acceptors (Lipinski definition) is 4. The summed E-state index contributed by atoms with van der Waals surface area (Å²) in [4.78, 5) is 13.5. The molecule has 0 atom stereocenters. The summed E-state index contributed by atoms with van der Waals surface area (Å²) in [6.07, 6.45) is 2.56. The molecule has 0 aromatic heterocycles. The van der Waals surface area contributed by atoms with Gasteiger partial charge in [-0.3, -0.25) is 0 Å². The number of amides is 1. The monoisotopic (exact) mass is 275 g/mol. The lowest BCUT2D eigenvalue weighted by molar-refractivity contribution is -0.110. The van der Waals surface area contributed by atoms with Crippen LogP contribution in [0.25, 0.3) is 0 Å². The summed E-state index contributed by atoms with van der Waals surface area (Å²) in [6.45, 7) is 5.45. The van der Waals surface area contributed by atoms with Crippen molar-refractivity contribution in [1.29, 1.82) is 0 Å². The molecule has 0 spiro atoms. The SMILES string of the molecule is CN(C(=O)OC(C)(C)C)C12CC(S(C)(=O)=O)(C1)C2. The van der Waals surface area contributed by atoms with Crippen LogP contribution in [-0.4, -0.2) is 48.6 Å². The van der Waals surface area contributed by atoms with Gasteiger partial charge in [0.05, 0.1) is 10.3 Å². The third-order valence-corrected chi connectivity index (χ3v) is 6.13. The molecular weight excluding hydrogens is 254 g/mol. The molecular formula is C12H21NO4S. The third kappa shape index (κ3) is 1.81. The number of carbonyl (C=O) groups is 1. The normalized spacial score (nSPS) is 34.3. The van der Waals surface area contributed by atoms with Crippen molar-refractivity contribution in [2.75, 3.05) is 13.3 Å². The minimum absolute atomic E-state index is 0.286. The van der Waals surface area contributed by atoms with E-state index in [4.69, 9.17) is 4.74 Å². The molecule has 0 unspecified atom stereocenters. The fourth-order valence-electron chi connectivity index (χ4n) is 2.92. The zero-order valence-electron chi connectivity index (χ0n) is 11.6. The van der Waals surface area contributed by atoms with Crippen LogP contribution >= 0.6 is 0 Å². The Morgan fingerprint density at radius 2 is 1.67 bits per heavy atom. The van der Waals surface area contributed by atoms with Gasteiger partial charge in [0, 0.05) is 13.3 Å². The summed E-state index contributed by atoms with van der Waals surface area (Å²) in [5.74, 6) is 0. The van der Waals surface area contributed by atoms with E-state index in [-0.39, 0.29) is 11.6 Å². The molecule has 0 aromatic carbocycles. The van der Waals surface area contributed by atoms with Gasteiger partial charge >= 0.3 is 6.09 Å². The number of carbonyl (C=O) groups excluding carboxylic acids is 1. The van der Waals surface area contributed by atoms with E-state index in [2.05, 4.69) is 0 Å². The molecule has 0 radical (unpaired) electrons. The minimum Gasteiger partial charge on any atom is -0.444 e. The van der Waals surface area contributed by atoms with Crippen molar-refractivity contribution in [1.82, 2.24) is 4.90 Å². The average molecular weight is 275 g/mol. The van der Waals surface area contributed by atoms with E-state index in [9.17, 15) is 13.2 Å². The van der Waals surface area contributed by atoms with Crippen LogP contribution in [0.15, 0.2) is 0 Å². The smallest absolute Gasteiger partial charge is 0.410 e. The first kappa shape index (κ1) is 13.6. The fraction of sp³-hybridized carbons (Fsp3) is 0.917. The molecule has 6 heteroatoms. The van der Waals surface area contributed by atoms with Crippen LogP contribution in [0.2, 0.25) is 0 Å². The Morgan fingerprint density at radius 1 is 1.22 bits per heavy atom. The molecule has 3 saturated carbocycles. The molecule has 3 rings (SSSR count). The van der Waals surface area contributed by atoms with Crippen molar-refractivity contribution in [3.8, 4) is 0 Å². The van der Waals surface area contributed by atoms with Crippen molar-refractivity contribution < 1.29 is 17.9 Å². The second kappa shape index (κ2) is 3.40. The highest BCUT2D eigenvalue weighted by molar-refractivity contribution is 7.92. The van der Waals surface area contributed by atoms with E-state index >= 15 is 0 Å². The number of hydrogen-bond donors (Lipinski definition) is 0. The van der Waals surface area contributed by atoms with Crippen molar-refractivity contribution in [3.05, 3.63) is 0 Å². The van der Waals surface area contributed by atoms with E-state index in [0.29, 0.717) is 19.3 Å². The molecule has 2 bridgehead atoms. The van der Waals surface area contributed by atoms with Crippen LogP contribution < -0.4 is 0 Å². The Hall–Kier alpha value is -0.780. The van der Waals surface area contributed by atoms with E-state index in [1.54, 1.807) is 11.9 Å². The van der Waals surface area contributed by atoms with Crippen LogP contribution in [-0.2, 0) is 14.6 Å². The summed E-state index contributed by atoms with van der Waals surface area (Å²) in [5.41, 5.74) is -0.811. The van der Waals surface area contributed by atoms with Gasteiger partial charge < -0.3 is 9.64 Å². The first-order valence-corrected chi connectivity index (χ1v) is 7.97. The highest BCUT2D eigenvalue weighted by Crippen LogP contribution is 2.67. The Labute approximate surface area is 108 Å². The second-order valence-corrected chi connectivity index (χ2v) is 9.16. The summed E-state index contributed by atoms with van der Waals surface area (Å²) in [7, 11) is -1.32. The van der Waals surface area contributed by atoms with Crippen molar-refractivity contribution in [2.45, 2.75) is 55.9 Å². The van der Waals surface area contributed by atoms with Gasteiger partial charge in [0.25, 0.3) is 0 Å².